The summed E-state index contributed by atoms with van der Waals surface area (Å²) in [4.78, 5) is 0. The van der Waals surface area contributed by atoms with E-state index in [1.165, 1.54) is 21.8 Å². The summed E-state index contributed by atoms with van der Waals surface area (Å²) in [7, 11) is 3.86. The van der Waals surface area contributed by atoms with Gasteiger partial charge in [-0.3, -0.25) is 0 Å². The van der Waals surface area contributed by atoms with Crippen molar-refractivity contribution in [1.82, 2.24) is 0 Å². The second-order valence-corrected chi connectivity index (χ2v) is 11.8. The number of rotatable bonds is 6. The zero-order valence-electron chi connectivity index (χ0n) is 59.6. The van der Waals surface area contributed by atoms with Crippen molar-refractivity contribution in [3.8, 4) is 0 Å². The van der Waals surface area contributed by atoms with Crippen molar-refractivity contribution in [3.05, 3.63) is 194 Å². The number of hydrogen-bond donors (Lipinski definition) is 6. The van der Waals surface area contributed by atoms with E-state index in [2.05, 4.69) is 88.0 Å². The molecule has 0 bridgehead atoms. The quantitative estimate of drug-likeness (QED) is 0.0928. The molecule has 6 heteroatoms. The molecule has 0 amide bonds. The first-order valence-corrected chi connectivity index (χ1v) is 32.2. The van der Waals surface area contributed by atoms with Gasteiger partial charge in [0.1, 0.15) is 0 Å². The molecule has 0 aliphatic rings. The van der Waals surface area contributed by atoms with E-state index in [4.69, 9.17) is 11.5 Å². The summed E-state index contributed by atoms with van der Waals surface area (Å²) in [6.07, 6.45) is 0. The van der Waals surface area contributed by atoms with Gasteiger partial charge in [0.05, 0.1) is 0 Å². The lowest BCUT2D eigenvalue weighted by molar-refractivity contribution is 1.49. The Balaban J connectivity index is -0.0000000790. The molecule has 0 spiro atoms. The summed E-state index contributed by atoms with van der Waals surface area (Å²) < 4.78 is 0. The molecule has 0 heterocycles. The minimum Gasteiger partial charge on any atom is -0.399 e. The van der Waals surface area contributed by atoms with Crippen LogP contribution in [0.3, 0.4) is 0 Å². The van der Waals surface area contributed by atoms with Gasteiger partial charge in [0.2, 0.25) is 0 Å². The molecule has 0 saturated carbocycles. The first kappa shape index (κ1) is 100. The molecule has 82 heavy (non-hydrogen) atoms. The summed E-state index contributed by atoms with van der Waals surface area (Å²) in [5.41, 5.74) is 19.6. The van der Waals surface area contributed by atoms with Crippen LogP contribution in [0.2, 0.25) is 0 Å². The van der Waals surface area contributed by atoms with Crippen LogP contribution < -0.4 is 32.7 Å². The van der Waals surface area contributed by atoms with Gasteiger partial charge in [-0.05, 0) is 95.7 Å². The Kier molecular flexibility index (Phi) is 114. The van der Waals surface area contributed by atoms with Crippen LogP contribution in [0.1, 0.15) is 208 Å². The highest BCUT2D eigenvalue weighted by atomic mass is 14.9. The molecule has 0 atom stereocenters. The van der Waals surface area contributed by atoms with E-state index < -0.39 is 0 Å². The second-order valence-electron chi connectivity index (χ2n) is 11.8. The van der Waals surface area contributed by atoms with Crippen molar-refractivity contribution < 1.29 is 0 Å². The normalized spacial score (nSPS) is 7.37. The standard InChI is InChI=1S/C13H14N2.C12H12N2.C11H11N.C10H9N.15C2H6/c1-14-11-7-9-13(10-8-11)15-12-5-3-2-4-6-12;13-10-6-8-12(9-7-10)14-11-4-2-1-3-5-11;1-12-11-8-4-6-9-5-2-3-7-10(9)11;11-10-7-3-5-8-4-1-2-6-9(8)10;15*1-2/h2-10,14-15H,1H3;1-9,14H,13H2;2-8,12H,1H3;1-7H,11H2;15*1-2H3. The third-order valence-electron chi connectivity index (χ3n) is 8.09. The maximum Gasteiger partial charge on any atom is 0.0417 e. The molecule has 0 aliphatic heterocycles. The molecule has 0 saturated heterocycles. The SMILES string of the molecule is CC.CC.CC.CC.CC.CC.CC.CC.CC.CC.CC.CC.CC.CC.CC.CNc1ccc(Nc2ccccc2)cc1.CNc1cccc2ccccc12.Nc1ccc(Nc2ccccc2)cc1.Nc1cccc2ccccc12. The van der Waals surface area contributed by atoms with E-state index in [1.54, 1.807) is 0 Å². The maximum atomic E-state index is 5.76. The summed E-state index contributed by atoms with van der Waals surface area (Å²) in [6.45, 7) is 60.0. The van der Waals surface area contributed by atoms with Gasteiger partial charge >= 0.3 is 0 Å². The Morgan fingerprint density at radius 2 is 0.476 bits per heavy atom. The van der Waals surface area contributed by atoms with E-state index in [0.29, 0.717) is 0 Å². The van der Waals surface area contributed by atoms with Crippen LogP contribution in [-0.2, 0) is 0 Å². The minimum atomic E-state index is 0.781. The van der Waals surface area contributed by atoms with Gasteiger partial charge < -0.3 is 32.7 Å². The molecule has 470 valence electrons. The largest absolute Gasteiger partial charge is 0.399 e. The Morgan fingerprint density at radius 1 is 0.220 bits per heavy atom. The van der Waals surface area contributed by atoms with Crippen molar-refractivity contribution in [2.75, 3.05) is 46.8 Å². The van der Waals surface area contributed by atoms with Crippen molar-refractivity contribution in [2.45, 2.75) is 208 Å². The molecule has 8 rings (SSSR count). The molecule has 8 aromatic carbocycles. The molecule has 0 fully saturated rings. The predicted octanol–water partition coefficient (Wildman–Crippen LogP) is 27.2. The maximum absolute atomic E-state index is 5.76. The minimum absolute atomic E-state index is 0.781. The Bertz CT molecular complexity index is 2210. The lowest BCUT2D eigenvalue weighted by Crippen LogP contribution is -1.91. The number of fused-ring (bicyclic) bond motifs is 2. The number of hydrogen-bond acceptors (Lipinski definition) is 6. The lowest BCUT2D eigenvalue weighted by Gasteiger charge is -2.06. The van der Waals surface area contributed by atoms with Crippen molar-refractivity contribution in [3.63, 3.8) is 0 Å². The van der Waals surface area contributed by atoms with Gasteiger partial charge in [-0.1, -0.05) is 317 Å². The Morgan fingerprint density at radius 3 is 0.805 bits per heavy atom. The number of nitrogens with two attached hydrogens (primary N) is 2. The number of para-hydroxylation sites is 2. The zero-order valence-corrected chi connectivity index (χ0v) is 59.6. The van der Waals surface area contributed by atoms with Crippen LogP contribution >= 0.6 is 0 Å². The molecular formula is C76H136N6. The summed E-state index contributed by atoms with van der Waals surface area (Å²) in [5, 5.41) is 17.8. The van der Waals surface area contributed by atoms with Crippen molar-refractivity contribution >= 4 is 67.0 Å². The van der Waals surface area contributed by atoms with Crippen LogP contribution in [0, 0.1) is 0 Å². The zero-order chi connectivity index (χ0) is 66.4. The highest BCUT2D eigenvalue weighted by molar-refractivity contribution is 5.94. The van der Waals surface area contributed by atoms with E-state index in [-0.39, 0.29) is 0 Å². The fourth-order valence-electron chi connectivity index (χ4n) is 5.36. The van der Waals surface area contributed by atoms with Crippen LogP contribution in [-0.4, -0.2) is 14.1 Å². The highest BCUT2D eigenvalue weighted by Crippen LogP contribution is 2.23. The molecule has 8 N–H and O–H groups in total. The summed E-state index contributed by atoms with van der Waals surface area (Å²) in [6, 6.07) is 64.8. The fourth-order valence-corrected chi connectivity index (χ4v) is 5.36. The number of benzene rings is 8. The average Bonchev–Trinajstić information content (AvgIpc) is 3.61. The molecular weight excluding hydrogens is 997 g/mol. The smallest absolute Gasteiger partial charge is 0.0417 e. The van der Waals surface area contributed by atoms with Crippen molar-refractivity contribution in [1.29, 1.82) is 0 Å². The predicted molar refractivity (Wildman–Crippen MR) is 398 cm³/mol. The third kappa shape index (κ3) is 55.0. The van der Waals surface area contributed by atoms with Crippen LogP contribution in [0.15, 0.2) is 194 Å². The molecule has 0 aromatic heterocycles. The first-order chi connectivity index (χ1) is 40.5. The summed E-state index contributed by atoms with van der Waals surface area (Å²) >= 11 is 0. The van der Waals surface area contributed by atoms with E-state index in [0.717, 1.165) is 45.2 Å². The number of anilines is 8. The van der Waals surface area contributed by atoms with Crippen LogP contribution in [0.5, 0.6) is 0 Å². The van der Waals surface area contributed by atoms with Gasteiger partial charge in [-0.25, -0.2) is 0 Å². The van der Waals surface area contributed by atoms with Gasteiger partial charge in [-0.15, -0.1) is 0 Å². The van der Waals surface area contributed by atoms with E-state index in [9.17, 15) is 0 Å². The topological polar surface area (TPSA) is 100 Å². The summed E-state index contributed by atoms with van der Waals surface area (Å²) in [5.74, 6) is 0. The average molecular weight is 1130 g/mol. The second kappa shape index (κ2) is 93.4. The number of nitrogen functional groups attached to an aromatic ring is 2. The first-order valence-electron chi connectivity index (χ1n) is 32.2. The highest BCUT2D eigenvalue weighted by Gasteiger charge is 1.97. The van der Waals surface area contributed by atoms with Crippen LogP contribution in [0.4, 0.5) is 45.5 Å². The van der Waals surface area contributed by atoms with E-state index >= 15 is 0 Å². The number of nitrogens with one attached hydrogen (secondary N) is 4. The van der Waals surface area contributed by atoms with Gasteiger partial charge in [0, 0.05) is 70.4 Å². The molecule has 0 radical (unpaired) electrons. The molecule has 0 unspecified atom stereocenters. The lowest BCUT2D eigenvalue weighted by atomic mass is 10.1. The third-order valence-corrected chi connectivity index (χ3v) is 8.09. The van der Waals surface area contributed by atoms with E-state index in [1.807, 2.05) is 349 Å². The Labute approximate surface area is 513 Å². The van der Waals surface area contributed by atoms with Gasteiger partial charge in [0.15, 0.2) is 0 Å². The Hall–Kier alpha value is -6.92. The van der Waals surface area contributed by atoms with Gasteiger partial charge in [0.25, 0.3) is 0 Å². The molecule has 8 aromatic rings. The van der Waals surface area contributed by atoms with Crippen molar-refractivity contribution in [2.24, 2.45) is 0 Å². The van der Waals surface area contributed by atoms with Gasteiger partial charge in [-0.2, -0.15) is 0 Å². The molecule has 6 nitrogen and oxygen atoms in total. The molecule has 0 aliphatic carbocycles. The monoisotopic (exact) mass is 1130 g/mol. The van der Waals surface area contributed by atoms with Crippen LogP contribution in [0.25, 0.3) is 21.5 Å². The fraction of sp³-hybridized carbons (Fsp3) is 0.421.